The number of hydrogen-bond acceptors (Lipinski definition) is 4. The summed E-state index contributed by atoms with van der Waals surface area (Å²) in [5.41, 5.74) is 1.77. The maximum absolute atomic E-state index is 13.1. The van der Waals surface area contributed by atoms with E-state index in [1.54, 1.807) is 4.40 Å². The van der Waals surface area contributed by atoms with Gasteiger partial charge in [0.05, 0.1) is 10.2 Å². The number of unbranched alkanes of at least 4 members (excludes halogenated alkanes) is 2. The lowest BCUT2D eigenvalue weighted by atomic mass is 10.1. The van der Waals surface area contributed by atoms with E-state index in [-0.39, 0.29) is 5.56 Å². The van der Waals surface area contributed by atoms with Gasteiger partial charge in [-0.15, -0.1) is 10.2 Å². The summed E-state index contributed by atoms with van der Waals surface area (Å²) in [5, 5.41) is 8.68. The molecule has 0 saturated carbocycles. The molecule has 1 aromatic carbocycles. The third-order valence-electron chi connectivity index (χ3n) is 4.68. The van der Waals surface area contributed by atoms with Crippen molar-refractivity contribution < 1.29 is 0 Å². The Kier molecular flexibility index (Phi) is 4.72. The summed E-state index contributed by atoms with van der Waals surface area (Å²) in [5.74, 6) is 1.98. The summed E-state index contributed by atoms with van der Waals surface area (Å²) in [6, 6.07) is 10.0. The Bertz CT molecular complexity index is 1040. The van der Waals surface area contributed by atoms with E-state index in [0.29, 0.717) is 24.4 Å². The number of hydrogen-bond donors (Lipinski definition) is 0. The maximum atomic E-state index is 13.1. The van der Waals surface area contributed by atoms with Crippen LogP contribution in [0.25, 0.3) is 5.78 Å². The summed E-state index contributed by atoms with van der Waals surface area (Å²) in [6.45, 7) is 2.96. The number of rotatable bonds is 6. The zero-order chi connectivity index (χ0) is 18.1. The number of benzene rings is 1. The van der Waals surface area contributed by atoms with Crippen LogP contribution in [0.1, 0.15) is 43.1 Å². The van der Waals surface area contributed by atoms with Crippen molar-refractivity contribution in [3.63, 3.8) is 0 Å². The minimum absolute atomic E-state index is 0.0594. The molecule has 0 spiro atoms. The molecule has 0 radical (unpaired) electrons. The molecule has 3 heterocycles. The second-order valence-corrected chi connectivity index (χ2v) is 7.46. The largest absolute Gasteiger partial charge is 0.294 e. The Hall–Kier alpha value is -2.28. The molecule has 0 aliphatic carbocycles. The molecular formula is C19H20BrN5O. The van der Waals surface area contributed by atoms with Gasteiger partial charge in [0.1, 0.15) is 11.6 Å². The molecule has 0 unspecified atom stereocenters. The van der Waals surface area contributed by atoms with E-state index in [4.69, 9.17) is 0 Å². The van der Waals surface area contributed by atoms with Crippen LogP contribution in [0.3, 0.4) is 0 Å². The van der Waals surface area contributed by atoms with Crippen molar-refractivity contribution in [2.75, 3.05) is 0 Å². The molecule has 6 nitrogen and oxygen atoms in total. The number of aryl methyl sites for hydroxylation is 1. The Balaban J connectivity index is 1.85. The molecule has 0 fully saturated rings. The minimum atomic E-state index is -0.0594. The Morgan fingerprint density at radius 1 is 1.15 bits per heavy atom. The van der Waals surface area contributed by atoms with Gasteiger partial charge >= 0.3 is 0 Å². The van der Waals surface area contributed by atoms with E-state index in [9.17, 15) is 4.79 Å². The van der Waals surface area contributed by atoms with Crippen LogP contribution in [-0.4, -0.2) is 23.8 Å². The van der Waals surface area contributed by atoms with Crippen LogP contribution in [0.5, 0.6) is 0 Å². The van der Waals surface area contributed by atoms with Crippen molar-refractivity contribution in [2.24, 2.45) is 4.99 Å². The van der Waals surface area contributed by atoms with Gasteiger partial charge in [-0.1, -0.05) is 50.1 Å². The molecule has 26 heavy (non-hydrogen) atoms. The quantitative estimate of drug-likeness (QED) is 0.579. The van der Waals surface area contributed by atoms with Gasteiger partial charge in [0.2, 0.25) is 5.78 Å². The van der Waals surface area contributed by atoms with Gasteiger partial charge in [0.25, 0.3) is 5.56 Å². The van der Waals surface area contributed by atoms with E-state index in [2.05, 4.69) is 38.0 Å². The first-order valence-corrected chi connectivity index (χ1v) is 9.75. The summed E-state index contributed by atoms with van der Waals surface area (Å²) < 4.78 is 4.50. The van der Waals surface area contributed by atoms with Gasteiger partial charge in [0.15, 0.2) is 0 Å². The van der Waals surface area contributed by atoms with E-state index >= 15 is 0 Å². The van der Waals surface area contributed by atoms with Crippen LogP contribution in [0, 0.1) is 0 Å². The third-order valence-corrected chi connectivity index (χ3v) is 5.14. The van der Waals surface area contributed by atoms with E-state index < -0.39 is 0 Å². The normalized spacial score (nSPS) is 13.2. The molecule has 1 aliphatic heterocycles. The lowest BCUT2D eigenvalue weighted by molar-refractivity contribution is 0.602. The van der Waals surface area contributed by atoms with Crippen molar-refractivity contribution in [1.82, 2.24) is 19.2 Å². The lowest BCUT2D eigenvalue weighted by Crippen LogP contribution is -2.23. The fourth-order valence-corrected chi connectivity index (χ4v) is 3.83. The van der Waals surface area contributed by atoms with Crippen molar-refractivity contribution in [3.8, 4) is 0 Å². The second kappa shape index (κ2) is 7.15. The van der Waals surface area contributed by atoms with Gasteiger partial charge in [0, 0.05) is 19.4 Å². The molecule has 0 amide bonds. The number of nitrogens with zero attached hydrogens (tertiary/aromatic N) is 5. The summed E-state index contributed by atoms with van der Waals surface area (Å²) in [4.78, 5) is 17.6. The zero-order valence-electron chi connectivity index (χ0n) is 14.7. The first-order valence-electron chi connectivity index (χ1n) is 8.95. The fraction of sp³-hybridized carbons (Fsp3) is 0.368. The Morgan fingerprint density at radius 3 is 2.73 bits per heavy atom. The van der Waals surface area contributed by atoms with Crippen LogP contribution in [0.4, 0.5) is 5.82 Å². The third kappa shape index (κ3) is 3.00. The molecule has 0 atom stereocenters. The van der Waals surface area contributed by atoms with Gasteiger partial charge in [-0.05, 0) is 27.9 Å². The molecule has 0 N–H and O–H groups in total. The molecule has 134 valence electrons. The predicted molar refractivity (Wildman–Crippen MR) is 106 cm³/mol. The van der Waals surface area contributed by atoms with Gasteiger partial charge in [-0.25, -0.2) is 9.39 Å². The second-order valence-electron chi connectivity index (χ2n) is 6.54. The highest BCUT2D eigenvalue weighted by Gasteiger charge is 2.25. The molecule has 7 heteroatoms. The molecule has 0 bridgehead atoms. The monoisotopic (exact) mass is 413 g/mol. The fourth-order valence-electron chi connectivity index (χ4n) is 3.38. The highest BCUT2D eigenvalue weighted by Crippen LogP contribution is 2.28. The topological polar surface area (TPSA) is 64.5 Å². The highest BCUT2D eigenvalue weighted by molar-refractivity contribution is 9.18. The van der Waals surface area contributed by atoms with E-state index in [1.165, 1.54) is 0 Å². The smallest absolute Gasteiger partial charge is 0.266 e. The Morgan fingerprint density at radius 2 is 1.96 bits per heavy atom. The molecule has 1 aliphatic rings. The molecule has 2 aromatic heterocycles. The van der Waals surface area contributed by atoms with Crippen LogP contribution >= 0.6 is 15.9 Å². The molecule has 3 aromatic rings. The summed E-state index contributed by atoms with van der Waals surface area (Å²) >= 11 is 3.45. The highest BCUT2D eigenvalue weighted by atomic mass is 79.9. The van der Waals surface area contributed by atoms with Gasteiger partial charge in [-0.2, -0.15) is 0 Å². The average Bonchev–Trinajstić information content (AvgIpc) is 3.23. The van der Waals surface area contributed by atoms with Crippen LogP contribution in [-0.2, 0) is 19.4 Å². The lowest BCUT2D eigenvalue weighted by Gasteiger charge is -2.12. The molecular weight excluding hydrogens is 394 g/mol. The van der Waals surface area contributed by atoms with Crippen molar-refractivity contribution in [3.05, 3.63) is 57.6 Å². The van der Waals surface area contributed by atoms with Gasteiger partial charge in [-0.3, -0.25) is 9.36 Å². The summed E-state index contributed by atoms with van der Waals surface area (Å²) in [6.07, 6.45) is 4.39. The van der Waals surface area contributed by atoms with E-state index in [1.807, 2.05) is 34.9 Å². The van der Waals surface area contributed by atoms with E-state index in [0.717, 1.165) is 47.4 Å². The van der Waals surface area contributed by atoms with Crippen LogP contribution in [0.15, 0.2) is 40.1 Å². The van der Waals surface area contributed by atoms with Crippen molar-refractivity contribution in [2.45, 2.75) is 45.6 Å². The average molecular weight is 414 g/mol. The number of aliphatic imine (C=N–C) groups is 1. The number of aromatic nitrogens is 4. The Labute approximate surface area is 159 Å². The minimum Gasteiger partial charge on any atom is -0.294 e. The van der Waals surface area contributed by atoms with Crippen LogP contribution in [0.2, 0.25) is 0 Å². The molecule has 0 saturated heterocycles. The standard InChI is InChI=1S/C19H20BrN5O/c1-2-3-7-10-24-17-14(12-15(20)21-17)18(26)25-16(22-23-19(24)25)11-13-8-5-4-6-9-13/h4-6,8-9H,2-3,7,10-12H2,1H3. The SMILES string of the molecule is CCCCCn1c2c(c(=O)n3c(Cc4ccccc4)nnc13)CC(Br)=N2. The molecule has 4 rings (SSSR count). The number of halogens is 1. The summed E-state index contributed by atoms with van der Waals surface area (Å²) in [7, 11) is 0. The first kappa shape index (κ1) is 17.1. The maximum Gasteiger partial charge on any atom is 0.266 e. The first-order chi connectivity index (χ1) is 12.7. The van der Waals surface area contributed by atoms with Crippen molar-refractivity contribution >= 4 is 32.1 Å². The van der Waals surface area contributed by atoms with Crippen LogP contribution < -0.4 is 5.56 Å². The number of fused-ring (bicyclic) bond motifs is 2. The van der Waals surface area contributed by atoms with Gasteiger partial charge < -0.3 is 0 Å². The zero-order valence-corrected chi connectivity index (χ0v) is 16.2. The predicted octanol–water partition coefficient (Wildman–Crippen LogP) is 3.65. The van der Waals surface area contributed by atoms with Crippen molar-refractivity contribution in [1.29, 1.82) is 0 Å².